The Hall–Kier alpha value is -3.60. The van der Waals surface area contributed by atoms with Crippen molar-refractivity contribution in [3.63, 3.8) is 0 Å². The molecule has 172 valence electrons. The molecule has 1 atom stereocenters. The Balaban J connectivity index is 1.32. The molecule has 4 heteroatoms. The minimum atomic E-state index is -0.639. The van der Waals surface area contributed by atoms with Crippen LogP contribution in [0, 0.1) is 0 Å². The Labute approximate surface area is 200 Å². The van der Waals surface area contributed by atoms with E-state index in [-0.39, 0.29) is 0 Å². The Morgan fingerprint density at radius 3 is 1.47 bits per heavy atom. The second-order valence-corrected chi connectivity index (χ2v) is 8.60. The molecule has 4 aromatic carbocycles. The van der Waals surface area contributed by atoms with Gasteiger partial charge in [-0.2, -0.15) is 0 Å². The average molecular weight is 453 g/mol. The summed E-state index contributed by atoms with van der Waals surface area (Å²) < 4.78 is 17.6. The summed E-state index contributed by atoms with van der Waals surface area (Å²) in [7, 11) is 0. The molecule has 1 N–H and O–H groups in total. The van der Waals surface area contributed by atoms with Gasteiger partial charge >= 0.3 is 0 Å². The van der Waals surface area contributed by atoms with E-state index < -0.39 is 11.5 Å². The lowest BCUT2D eigenvalue weighted by molar-refractivity contribution is 0.117. The second kappa shape index (κ2) is 10.1. The van der Waals surface area contributed by atoms with E-state index in [1.807, 2.05) is 109 Å². The molecule has 4 nitrogen and oxygen atoms in total. The van der Waals surface area contributed by atoms with E-state index >= 15 is 0 Å². The highest BCUT2D eigenvalue weighted by molar-refractivity contribution is 5.46. The van der Waals surface area contributed by atoms with Gasteiger partial charge in [0.2, 0.25) is 0 Å². The Morgan fingerprint density at radius 2 is 1.09 bits per heavy atom. The third kappa shape index (κ3) is 4.69. The van der Waals surface area contributed by atoms with Crippen LogP contribution in [0.1, 0.15) is 22.3 Å². The van der Waals surface area contributed by atoms with E-state index in [4.69, 9.17) is 14.2 Å². The molecule has 1 heterocycles. The number of rotatable bonds is 8. The van der Waals surface area contributed by atoms with Crippen LogP contribution in [0.4, 0.5) is 0 Å². The Bertz CT molecular complexity index is 1090. The minimum Gasteiger partial charge on any atom is -0.489 e. The topological polar surface area (TPSA) is 47.9 Å². The molecular formula is C30H28O4. The normalized spacial score (nSPS) is 16.8. The van der Waals surface area contributed by atoms with Gasteiger partial charge in [0.25, 0.3) is 0 Å². The number of aliphatic hydroxyl groups excluding tert-OH is 1. The lowest BCUT2D eigenvalue weighted by Crippen LogP contribution is -2.39. The summed E-state index contributed by atoms with van der Waals surface area (Å²) in [4.78, 5) is 0. The van der Waals surface area contributed by atoms with Crippen molar-refractivity contribution in [2.45, 2.75) is 24.7 Å². The highest BCUT2D eigenvalue weighted by atomic mass is 16.5. The SMILES string of the molecule is OC1COCC1(c1ccc(OCc2ccccc2)cc1)c1ccc(OCc2ccccc2)cc1. The van der Waals surface area contributed by atoms with Crippen molar-refractivity contribution in [1.29, 1.82) is 0 Å². The number of benzene rings is 4. The van der Waals surface area contributed by atoms with Gasteiger partial charge in [-0.3, -0.25) is 0 Å². The summed E-state index contributed by atoms with van der Waals surface area (Å²) in [6.07, 6.45) is -0.639. The first kappa shape index (κ1) is 22.2. The van der Waals surface area contributed by atoms with E-state index in [2.05, 4.69) is 0 Å². The van der Waals surface area contributed by atoms with Crippen LogP contribution in [-0.2, 0) is 23.4 Å². The maximum Gasteiger partial charge on any atom is 0.119 e. The molecule has 0 aromatic heterocycles. The third-order valence-corrected chi connectivity index (χ3v) is 6.41. The predicted octanol–water partition coefficient (Wildman–Crippen LogP) is 5.52. The molecule has 1 unspecified atom stereocenters. The van der Waals surface area contributed by atoms with Crippen molar-refractivity contribution in [3.8, 4) is 11.5 Å². The molecule has 0 amide bonds. The van der Waals surface area contributed by atoms with E-state index in [0.717, 1.165) is 33.8 Å². The van der Waals surface area contributed by atoms with Crippen LogP contribution in [0.25, 0.3) is 0 Å². The highest BCUT2D eigenvalue weighted by Gasteiger charge is 2.46. The fourth-order valence-corrected chi connectivity index (χ4v) is 4.47. The zero-order valence-corrected chi connectivity index (χ0v) is 19.0. The second-order valence-electron chi connectivity index (χ2n) is 8.60. The minimum absolute atomic E-state index is 0.304. The molecule has 1 aliphatic rings. The first-order valence-electron chi connectivity index (χ1n) is 11.5. The zero-order valence-electron chi connectivity index (χ0n) is 19.0. The summed E-state index contributed by atoms with van der Waals surface area (Å²) >= 11 is 0. The molecule has 0 bridgehead atoms. The van der Waals surface area contributed by atoms with Gasteiger partial charge in [0.15, 0.2) is 0 Å². The Morgan fingerprint density at radius 1 is 0.647 bits per heavy atom. The zero-order chi connectivity index (χ0) is 23.2. The van der Waals surface area contributed by atoms with E-state index in [1.54, 1.807) is 0 Å². The van der Waals surface area contributed by atoms with Crippen LogP contribution in [0.2, 0.25) is 0 Å². The molecule has 0 radical (unpaired) electrons. The van der Waals surface area contributed by atoms with E-state index in [9.17, 15) is 5.11 Å². The van der Waals surface area contributed by atoms with Gasteiger partial charge < -0.3 is 19.3 Å². The smallest absolute Gasteiger partial charge is 0.119 e. The van der Waals surface area contributed by atoms with Crippen molar-refractivity contribution in [2.24, 2.45) is 0 Å². The number of aliphatic hydroxyl groups is 1. The van der Waals surface area contributed by atoms with Gasteiger partial charge in [-0.15, -0.1) is 0 Å². The first-order valence-corrected chi connectivity index (χ1v) is 11.5. The molecule has 1 aliphatic heterocycles. The quantitative estimate of drug-likeness (QED) is 0.382. The molecule has 4 aromatic rings. The van der Waals surface area contributed by atoms with Gasteiger partial charge in [0.05, 0.1) is 24.7 Å². The van der Waals surface area contributed by atoms with E-state index in [1.165, 1.54) is 0 Å². The first-order chi connectivity index (χ1) is 16.7. The van der Waals surface area contributed by atoms with Gasteiger partial charge in [-0.1, -0.05) is 84.9 Å². The summed E-state index contributed by atoms with van der Waals surface area (Å²) in [5, 5.41) is 11.0. The fourth-order valence-electron chi connectivity index (χ4n) is 4.47. The molecule has 5 rings (SSSR count). The number of hydrogen-bond acceptors (Lipinski definition) is 4. The van der Waals surface area contributed by atoms with Gasteiger partial charge in [0.1, 0.15) is 24.7 Å². The fraction of sp³-hybridized carbons (Fsp3) is 0.200. The molecule has 0 saturated carbocycles. The monoisotopic (exact) mass is 452 g/mol. The van der Waals surface area contributed by atoms with Gasteiger partial charge in [-0.25, -0.2) is 0 Å². The summed E-state index contributed by atoms with van der Waals surface area (Å²) in [6.45, 7) is 1.75. The lowest BCUT2D eigenvalue weighted by atomic mass is 9.72. The Kier molecular flexibility index (Phi) is 6.61. The molecule has 0 spiro atoms. The maximum atomic E-state index is 11.0. The summed E-state index contributed by atoms with van der Waals surface area (Å²) in [5.41, 5.74) is 3.62. The van der Waals surface area contributed by atoms with E-state index in [0.29, 0.717) is 26.4 Å². The highest BCUT2D eigenvalue weighted by Crippen LogP contribution is 2.41. The van der Waals surface area contributed by atoms with Crippen molar-refractivity contribution in [3.05, 3.63) is 131 Å². The van der Waals surface area contributed by atoms with Crippen LogP contribution >= 0.6 is 0 Å². The standard InChI is InChI=1S/C30H28O4/c31-29-21-32-22-30(29,25-11-15-27(16-12-25)33-19-23-7-3-1-4-8-23)26-13-17-28(18-14-26)34-20-24-9-5-2-6-10-24/h1-18,29,31H,19-22H2. The summed E-state index contributed by atoms with van der Waals surface area (Å²) in [5.74, 6) is 1.58. The largest absolute Gasteiger partial charge is 0.489 e. The summed E-state index contributed by atoms with van der Waals surface area (Å²) in [6, 6.07) is 36.1. The van der Waals surface area contributed by atoms with Gasteiger partial charge in [-0.05, 0) is 46.5 Å². The maximum absolute atomic E-state index is 11.0. The molecule has 0 aliphatic carbocycles. The third-order valence-electron chi connectivity index (χ3n) is 6.41. The molecule has 1 saturated heterocycles. The van der Waals surface area contributed by atoms with Crippen molar-refractivity contribution >= 4 is 0 Å². The average Bonchev–Trinajstić information content (AvgIpc) is 3.30. The van der Waals surface area contributed by atoms with Gasteiger partial charge in [0, 0.05) is 0 Å². The van der Waals surface area contributed by atoms with Crippen molar-refractivity contribution in [1.82, 2.24) is 0 Å². The lowest BCUT2D eigenvalue weighted by Gasteiger charge is -2.32. The van der Waals surface area contributed by atoms with Crippen LogP contribution in [0.3, 0.4) is 0 Å². The predicted molar refractivity (Wildman–Crippen MR) is 132 cm³/mol. The molecule has 1 fully saturated rings. The number of hydrogen-bond donors (Lipinski definition) is 1. The molecular weight excluding hydrogens is 424 g/mol. The van der Waals surface area contributed by atoms with Crippen molar-refractivity contribution < 1.29 is 19.3 Å². The molecule has 34 heavy (non-hydrogen) atoms. The van der Waals surface area contributed by atoms with Crippen LogP contribution in [0.15, 0.2) is 109 Å². The van der Waals surface area contributed by atoms with Crippen LogP contribution < -0.4 is 9.47 Å². The van der Waals surface area contributed by atoms with Crippen molar-refractivity contribution in [2.75, 3.05) is 13.2 Å². The van der Waals surface area contributed by atoms with Crippen LogP contribution in [0.5, 0.6) is 11.5 Å². The number of ether oxygens (including phenoxy) is 3. The van der Waals surface area contributed by atoms with Crippen LogP contribution in [-0.4, -0.2) is 24.4 Å².